The zero-order valence-corrected chi connectivity index (χ0v) is 10.2. The van der Waals surface area contributed by atoms with Crippen LogP contribution < -0.4 is 0 Å². The second-order valence-corrected chi connectivity index (χ2v) is 4.20. The number of hydrogen-bond acceptors (Lipinski definition) is 3. The number of benzene rings is 1. The lowest BCUT2D eigenvalue weighted by atomic mass is 10.1. The van der Waals surface area contributed by atoms with Gasteiger partial charge in [0.25, 0.3) is 0 Å². The van der Waals surface area contributed by atoms with Gasteiger partial charge in [0.1, 0.15) is 5.58 Å². The molecule has 0 unspecified atom stereocenters. The summed E-state index contributed by atoms with van der Waals surface area (Å²) >= 11 is 0. The maximum Gasteiger partial charge on any atom is 0.222 e. The first kappa shape index (κ1) is 11.5. The Balaban J connectivity index is 2.42. The molecule has 2 rings (SSSR count). The van der Waals surface area contributed by atoms with Crippen LogP contribution in [0, 0.1) is 6.92 Å². The number of hydrogen-bond donors (Lipinski definition) is 0. The van der Waals surface area contributed by atoms with Crippen molar-refractivity contribution in [3.63, 3.8) is 0 Å². The second kappa shape index (κ2) is 4.45. The number of furan rings is 1. The highest BCUT2D eigenvalue weighted by Crippen LogP contribution is 2.25. The van der Waals surface area contributed by atoms with Gasteiger partial charge in [-0.25, -0.2) is 0 Å². The molecule has 0 saturated carbocycles. The predicted octanol–water partition coefficient (Wildman–Crippen LogP) is 3.00. The van der Waals surface area contributed by atoms with Gasteiger partial charge in [-0.05, 0) is 13.0 Å². The first-order valence-electron chi connectivity index (χ1n) is 5.46. The Labute approximate surface area is 100 Å². The number of aryl methyl sites for hydroxylation is 1. The third-order valence-electron chi connectivity index (χ3n) is 2.59. The summed E-state index contributed by atoms with van der Waals surface area (Å²) in [5.74, 6) is 0.316. The van der Waals surface area contributed by atoms with Crippen LogP contribution in [0.4, 0.5) is 0 Å². The Hall–Kier alpha value is -2.03. The molecule has 0 fully saturated rings. The summed E-state index contributed by atoms with van der Waals surface area (Å²) in [6.45, 7) is 1.91. The molecule has 0 bridgehead atoms. The van der Waals surface area contributed by atoms with Crippen LogP contribution >= 0.6 is 0 Å². The minimum Gasteiger partial charge on any atom is -0.452 e. The van der Waals surface area contributed by atoms with E-state index in [0.717, 1.165) is 16.5 Å². The molecule has 3 nitrogen and oxygen atoms in total. The monoisotopic (exact) mass is 229 g/mol. The Bertz CT molecular complexity index is 579. The number of carbonyl (C=O) groups excluding carboxylic acids is 1. The van der Waals surface area contributed by atoms with Gasteiger partial charge >= 0.3 is 0 Å². The number of para-hydroxylation sites is 1. The van der Waals surface area contributed by atoms with Crippen LogP contribution in [0.25, 0.3) is 11.0 Å². The number of fused-ring (bicyclic) bond motifs is 1. The van der Waals surface area contributed by atoms with Gasteiger partial charge < -0.3 is 9.32 Å². The van der Waals surface area contributed by atoms with Crippen LogP contribution in [0.3, 0.4) is 0 Å². The smallest absolute Gasteiger partial charge is 0.222 e. The highest BCUT2D eigenvalue weighted by Gasteiger charge is 2.14. The van der Waals surface area contributed by atoms with Crippen molar-refractivity contribution in [1.29, 1.82) is 0 Å². The maximum atomic E-state index is 11.9. The molecule has 0 radical (unpaired) electrons. The van der Waals surface area contributed by atoms with Crippen molar-refractivity contribution in [3.05, 3.63) is 47.9 Å². The lowest BCUT2D eigenvalue weighted by molar-refractivity contribution is 0.102. The second-order valence-electron chi connectivity index (χ2n) is 4.20. The van der Waals surface area contributed by atoms with Crippen LogP contribution in [0.1, 0.15) is 16.1 Å². The van der Waals surface area contributed by atoms with Crippen LogP contribution in [0.15, 0.2) is 41.0 Å². The molecule has 1 aromatic carbocycles. The van der Waals surface area contributed by atoms with Crippen molar-refractivity contribution in [2.45, 2.75) is 6.92 Å². The van der Waals surface area contributed by atoms with Crippen molar-refractivity contribution in [3.8, 4) is 0 Å². The fourth-order valence-corrected chi connectivity index (χ4v) is 1.70. The average molecular weight is 229 g/mol. The van der Waals surface area contributed by atoms with Crippen LogP contribution in [-0.4, -0.2) is 24.8 Å². The first-order chi connectivity index (χ1) is 8.09. The number of ketones is 1. The van der Waals surface area contributed by atoms with E-state index in [9.17, 15) is 4.79 Å². The molecule has 17 heavy (non-hydrogen) atoms. The van der Waals surface area contributed by atoms with Gasteiger partial charge in [-0.2, -0.15) is 0 Å². The number of allylic oxidation sites excluding steroid dienone is 1. The molecule has 0 aliphatic heterocycles. The van der Waals surface area contributed by atoms with Crippen molar-refractivity contribution < 1.29 is 9.21 Å². The zero-order chi connectivity index (χ0) is 12.4. The van der Waals surface area contributed by atoms with Gasteiger partial charge in [0.05, 0.1) is 0 Å². The molecular weight excluding hydrogens is 214 g/mol. The van der Waals surface area contributed by atoms with Crippen molar-refractivity contribution >= 4 is 16.8 Å². The van der Waals surface area contributed by atoms with E-state index in [-0.39, 0.29) is 5.78 Å². The van der Waals surface area contributed by atoms with Gasteiger partial charge in [-0.3, -0.25) is 4.79 Å². The SMILES string of the molecule is Cc1c(C(=O)/C=C/N(C)C)oc2ccccc12. The Kier molecular flexibility index (Phi) is 3.00. The Morgan fingerprint density at radius 1 is 1.29 bits per heavy atom. The van der Waals surface area contributed by atoms with Gasteiger partial charge in [0.15, 0.2) is 5.76 Å². The molecule has 0 N–H and O–H groups in total. The Morgan fingerprint density at radius 3 is 2.65 bits per heavy atom. The highest BCUT2D eigenvalue weighted by molar-refractivity contribution is 6.06. The summed E-state index contributed by atoms with van der Waals surface area (Å²) in [4.78, 5) is 13.7. The molecule has 0 aliphatic carbocycles. The standard InChI is InChI=1S/C14H15NO2/c1-10-11-6-4-5-7-13(11)17-14(10)12(16)8-9-15(2)3/h4-9H,1-3H3/b9-8+. The topological polar surface area (TPSA) is 33.5 Å². The van der Waals surface area contributed by atoms with Crippen molar-refractivity contribution in [2.75, 3.05) is 14.1 Å². The third-order valence-corrected chi connectivity index (χ3v) is 2.59. The minimum atomic E-state index is -0.104. The van der Waals surface area contributed by atoms with E-state index in [1.807, 2.05) is 50.2 Å². The number of nitrogens with zero attached hydrogens (tertiary/aromatic N) is 1. The van der Waals surface area contributed by atoms with Crippen molar-refractivity contribution in [1.82, 2.24) is 4.90 Å². The predicted molar refractivity (Wildman–Crippen MR) is 68.1 cm³/mol. The number of carbonyl (C=O) groups is 1. The summed E-state index contributed by atoms with van der Waals surface area (Å²) < 4.78 is 5.57. The summed E-state index contributed by atoms with van der Waals surface area (Å²) in [7, 11) is 3.74. The van der Waals surface area contributed by atoms with Gasteiger partial charge in [0.2, 0.25) is 5.78 Å². The molecule has 3 heteroatoms. The molecule has 0 aliphatic rings. The summed E-state index contributed by atoms with van der Waals surface area (Å²) in [5.41, 5.74) is 1.65. The third kappa shape index (κ3) is 2.23. The molecule has 1 aromatic heterocycles. The lowest BCUT2D eigenvalue weighted by Gasteiger charge is -2.01. The lowest BCUT2D eigenvalue weighted by Crippen LogP contribution is -2.03. The minimum absolute atomic E-state index is 0.104. The fraction of sp³-hybridized carbons (Fsp3) is 0.214. The first-order valence-corrected chi connectivity index (χ1v) is 5.46. The van der Waals surface area contributed by atoms with Crippen LogP contribution in [0.2, 0.25) is 0 Å². The largest absolute Gasteiger partial charge is 0.452 e. The summed E-state index contributed by atoms with van der Waals surface area (Å²) in [6, 6.07) is 7.67. The Morgan fingerprint density at radius 2 is 2.00 bits per heavy atom. The van der Waals surface area contributed by atoms with E-state index in [1.54, 1.807) is 6.20 Å². The zero-order valence-electron chi connectivity index (χ0n) is 10.2. The summed E-state index contributed by atoms with van der Waals surface area (Å²) in [5, 5.41) is 0.995. The average Bonchev–Trinajstić information content (AvgIpc) is 2.64. The van der Waals surface area contributed by atoms with E-state index in [2.05, 4.69) is 0 Å². The fourth-order valence-electron chi connectivity index (χ4n) is 1.70. The van der Waals surface area contributed by atoms with Crippen LogP contribution in [-0.2, 0) is 0 Å². The quantitative estimate of drug-likeness (QED) is 0.599. The molecule has 88 valence electrons. The van der Waals surface area contributed by atoms with Gasteiger partial charge in [-0.1, -0.05) is 18.2 Å². The molecule has 2 aromatic rings. The van der Waals surface area contributed by atoms with Gasteiger partial charge in [0, 0.05) is 37.3 Å². The number of rotatable bonds is 3. The van der Waals surface area contributed by atoms with Crippen LogP contribution in [0.5, 0.6) is 0 Å². The molecule has 1 heterocycles. The van der Waals surface area contributed by atoms with E-state index in [1.165, 1.54) is 6.08 Å². The normalized spacial score (nSPS) is 11.2. The molecule has 0 atom stereocenters. The molecule has 0 spiro atoms. The maximum absolute atomic E-state index is 11.9. The van der Waals surface area contributed by atoms with E-state index in [4.69, 9.17) is 4.42 Å². The van der Waals surface area contributed by atoms with E-state index >= 15 is 0 Å². The summed E-state index contributed by atoms with van der Waals surface area (Å²) in [6.07, 6.45) is 3.24. The van der Waals surface area contributed by atoms with E-state index < -0.39 is 0 Å². The van der Waals surface area contributed by atoms with E-state index in [0.29, 0.717) is 5.76 Å². The molecular formula is C14H15NO2. The van der Waals surface area contributed by atoms with Crippen molar-refractivity contribution in [2.24, 2.45) is 0 Å². The van der Waals surface area contributed by atoms with Gasteiger partial charge in [-0.15, -0.1) is 0 Å². The molecule has 0 amide bonds. The molecule has 0 saturated heterocycles. The highest BCUT2D eigenvalue weighted by atomic mass is 16.3.